The Kier molecular flexibility index (Phi) is 5.96. The molecule has 4 rings (SSSR count). The van der Waals surface area contributed by atoms with Gasteiger partial charge in [-0.25, -0.2) is 13.2 Å². The molecule has 3 aromatic rings. The summed E-state index contributed by atoms with van der Waals surface area (Å²) in [7, 11) is -2.04. The first-order chi connectivity index (χ1) is 15.2. The molecule has 0 radical (unpaired) electrons. The summed E-state index contributed by atoms with van der Waals surface area (Å²) >= 11 is 0. The smallest absolute Gasteiger partial charge is 0.326 e. The van der Waals surface area contributed by atoms with Crippen molar-refractivity contribution in [3.8, 4) is 0 Å². The number of aromatic amines is 1. The zero-order chi connectivity index (χ0) is 23.0. The molecule has 2 aromatic carbocycles. The number of carbonyl (C=O) groups excluding carboxylic acids is 1. The molecule has 1 fully saturated rings. The number of likely N-dealkylation sites (tertiary alicyclic amines) is 1. The molecule has 0 spiro atoms. The van der Waals surface area contributed by atoms with Crippen LogP contribution in [0.4, 0.5) is 0 Å². The lowest BCUT2D eigenvalue weighted by molar-refractivity contribution is 0.0695. The first kappa shape index (κ1) is 22.3. The molecule has 9 heteroatoms. The van der Waals surface area contributed by atoms with Crippen molar-refractivity contribution in [2.75, 3.05) is 20.1 Å². The summed E-state index contributed by atoms with van der Waals surface area (Å²) in [5.41, 5.74) is 2.03. The molecule has 1 saturated heterocycles. The number of benzene rings is 2. The number of hydrogen-bond acceptors (Lipinski definition) is 4. The quantitative estimate of drug-likeness (QED) is 0.639. The van der Waals surface area contributed by atoms with Crippen LogP contribution in [0.15, 0.2) is 58.2 Å². The number of imidazole rings is 1. The molecular formula is C23H28N4O4S. The first-order valence-corrected chi connectivity index (χ1v) is 12.2. The number of para-hydroxylation sites is 2. The maximum absolute atomic E-state index is 13.0. The highest BCUT2D eigenvalue weighted by atomic mass is 32.2. The lowest BCUT2D eigenvalue weighted by Crippen LogP contribution is -2.40. The summed E-state index contributed by atoms with van der Waals surface area (Å²) in [4.78, 5) is 30.2. The molecule has 1 aliphatic heterocycles. The monoisotopic (exact) mass is 456 g/mol. The normalized spacial score (nSPS) is 15.7. The van der Waals surface area contributed by atoms with E-state index in [1.807, 2.05) is 38.1 Å². The largest absolute Gasteiger partial charge is 0.338 e. The Balaban J connectivity index is 1.46. The number of amides is 1. The van der Waals surface area contributed by atoms with Crippen LogP contribution in [-0.2, 0) is 10.0 Å². The number of H-pyrrole nitrogens is 1. The predicted octanol–water partition coefficient (Wildman–Crippen LogP) is 2.84. The third-order valence-electron chi connectivity index (χ3n) is 6.25. The second-order valence-corrected chi connectivity index (χ2v) is 10.5. The van der Waals surface area contributed by atoms with Gasteiger partial charge < -0.3 is 9.88 Å². The molecule has 2 heterocycles. The Bertz CT molecular complexity index is 1280. The van der Waals surface area contributed by atoms with Crippen molar-refractivity contribution >= 4 is 27.0 Å². The molecule has 0 unspecified atom stereocenters. The van der Waals surface area contributed by atoms with E-state index in [2.05, 4.69) is 4.98 Å². The van der Waals surface area contributed by atoms with Crippen molar-refractivity contribution in [3.63, 3.8) is 0 Å². The molecule has 1 amide bonds. The second-order valence-electron chi connectivity index (χ2n) is 8.48. The molecule has 1 aromatic heterocycles. The van der Waals surface area contributed by atoms with Gasteiger partial charge in [-0.05, 0) is 63.1 Å². The topological polar surface area (TPSA) is 95.5 Å². The zero-order valence-corrected chi connectivity index (χ0v) is 19.3. The number of piperidine rings is 1. The van der Waals surface area contributed by atoms with Gasteiger partial charge in [0.2, 0.25) is 10.0 Å². The Morgan fingerprint density at radius 3 is 2.31 bits per heavy atom. The van der Waals surface area contributed by atoms with Gasteiger partial charge >= 0.3 is 5.69 Å². The van der Waals surface area contributed by atoms with Gasteiger partial charge in [0.15, 0.2) is 0 Å². The van der Waals surface area contributed by atoms with Crippen molar-refractivity contribution in [1.82, 2.24) is 18.8 Å². The first-order valence-electron chi connectivity index (χ1n) is 10.8. The van der Waals surface area contributed by atoms with Gasteiger partial charge in [0.25, 0.3) is 5.91 Å². The highest BCUT2D eigenvalue weighted by molar-refractivity contribution is 7.89. The minimum Gasteiger partial charge on any atom is -0.338 e. The molecule has 1 N–H and O–H groups in total. The number of rotatable bonds is 5. The maximum atomic E-state index is 13.0. The standard InChI is InChI=1S/C23H28N4O4S/c1-16(2)25(3)32(30,31)19-10-8-17(9-11-19)22(28)26-14-12-18(13-15-26)27-21-7-5-4-6-20(21)24-23(27)29/h4-11,16,18H,12-15H2,1-3H3,(H,24,29). The van der Waals surface area contributed by atoms with Gasteiger partial charge in [-0.15, -0.1) is 0 Å². The Hall–Kier alpha value is -2.91. The summed E-state index contributed by atoms with van der Waals surface area (Å²) in [6.07, 6.45) is 1.36. The van der Waals surface area contributed by atoms with E-state index < -0.39 is 10.0 Å². The summed E-state index contributed by atoms with van der Waals surface area (Å²) < 4.78 is 28.4. The van der Waals surface area contributed by atoms with Crippen molar-refractivity contribution in [3.05, 3.63) is 64.6 Å². The molecule has 0 aliphatic carbocycles. The summed E-state index contributed by atoms with van der Waals surface area (Å²) in [5, 5.41) is 0. The number of nitrogens with one attached hydrogen (secondary N) is 1. The van der Waals surface area contributed by atoms with Gasteiger partial charge in [-0.3, -0.25) is 9.36 Å². The van der Waals surface area contributed by atoms with E-state index in [1.54, 1.807) is 28.6 Å². The van der Waals surface area contributed by atoms with Gasteiger partial charge in [-0.1, -0.05) is 12.1 Å². The van der Waals surface area contributed by atoms with Crippen LogP contribution in [0, 0.1) is 0 Å². The van der Waals surface area contributed by atoms with Gasteiger partial charge in [-0.2, -0.15) is 4.31 Å². The average Bonchev–Trinajstić information content (AvgIpc) is 3.13. The number of hydrogen-bond donors (Lipinski definition) is 1. The van der Waals surface area contributed by atoms with Gasteiger partial charge in [0.05, 0.1) is 15.9 Å². The van der Waals surface area contributed by atoms with E-state index >= 15 is 0 Å². The Morgan fingerprint density at radius 1 is 1.06 bits per heavy atom. The van der Waals surface area contributed by atoms with Crippen molar-refractivity contribution in [1.29, 1.82) is 0 Å². The van der Waals surface area contributed by atoms with Crippen LogP contribution >= 0.6 is 0 Å². The summed E-state index contributed by atoms with van der Waals surface area (Å²) in [5.74, 6) is -0.129. The minimum atomic E-state index is -3.59. The predicted molar refractivity (Wildman–Crippen MR) is 123 cm³/mol. The van der Waals surface area contributed by atoms with Crippen molar-refractivity contribution in [2.24, 2.45) is 0 Å². The van der Waals surface area contributed by atoms with Gasteiger partial charge in [0, 0.05) is 37.8 Å². The SMILES string of the molecule is CC(C)N(C)S(=O)(=O)c1ccc(C(=O)N2CCC(n3c(=O)[nH]c4ccccc43)CC2)cc1. The number of aromatic nitrogens is 2. The minimum absolute atomic E-state index is 0.0294. The fraction of sp³-hybridized carbons (Fsp3) is 0.391. The third kappa shape index (κ3) is 3.98. The summed E-state index contributed by atoms with van der Waals surface area (Å²) in [6.45, 7) is 4.68. The van der Waals surface area contributed by atoms with Crippen LogP contribution in [0.3, 0.4) is 0 Å². The molecule has 0 atom stereocenters. The maximum Gasteiger partial charge on any atom is 0.326 e. The number of nitrogens with zero attached hydrogens (tertiary/aromatic N) is 3. The molecular weight excluding hydrogens is 428 g/mol. The average molecular weight is 457 g/mol. The molecule has 8 nitrogen and oxygen atoms in total. The highest BCUT2D eigenvalue weighted by Crippen LogP contribution is 2.26. The molecule has 0 bridgehead atoms. The van der Waals surface area contributed by atoms with Crippen LogP contribution in [0.1, 0.15) is 43.1 Å². The van der Waals surface area contributed by atoms with Crippen LogP contribution < -0.4 is 5.69 Å². The Labute approximate surface area is 187 Å². The Morgan fingerprint density at radius 2 is 1.69 bits per heavy atom. The fourth-order valence-corrected chi connectivity index (χ4v) is 5.53. The zero-order valence-electron chi connectivity index (χ0n) is 18.5. The van der Waals surface area contributed by atoms with Crippen LogP contribution in [0.25, 0.3) is 11.0 Å². The van der Waals surface area contributed by atoms with Crippen LogP contribution in [-0.4, -0.2) is 59.3 Å². The van der Waals surface area contributed by atoms with E-state index in [1.165, 1.54) is 16.4 Å². The van der Waals surface area contributed by atoms with Crippen molar-refractivity contribution in [2.45, 2.75) is 43.7 Å². The highest BCUT2D eigenvalue weighted by Gasteiger charge is 2.27. The van der Waals surface area contributed by atoms with E-state index in [4.69, 9.17) is 0 Å². The van der Waals surface area contributed by atoms with Crippen LogP contribution in [0.5, 0.6) is 0 Å². The molecule has 170 valence electrons. The third-order valence-corrected chi connectivity index (χ3v) is 8.29. The molecule has 0 saturated carbocycles. The van der Waals surface area contributed by atoms with E-state index in [-0.39, 0.29) is 28.6 Å². The van der Waals surface area contributed by atoms with E-state index in [0.717, 1.165) is 11.0 Å². The number of sulfonamides is 1. The van der Waals surface area contributed by atoms with Gasteiger partial charge in [0.1, 0.15) is 0 Å². The molecule has 1 aliphatic rings. The lowest BCUT2D eigenvalue weighted by Gasteiger charge is -2.32. The van der Waals surface area contributed by atoms with E-state index in [9.17, 15) is 18.0 Å². The number of carbonyl (C=O) groups is 1. The van der Waals surface area contributed by atoms with Crippen molar-refractivity contribution < 1.29 is 13.2 Å². The fourth-order valence-electron chi connectivity index (χ4n) is 4.16. The van der Waals surface area contributed by atoms with E-state index in [0.29, 0.717) is 31.5 Å². The number of fused-ring (bicyclic) bond motifs is 1. The molecule has 32 heavy (non-hydrogen) atoms. The second kappa shape index (κ2) is 8.55. The van der Waals surface area contributed by atoms with Crippen LogP contribution in [0.2, 0.25) is 0 Å². The lowest BCUT2D eigenvalue weighted by atomic mass is 10.0. The summed E-state index contributed by atoms with van der Waals surface area (Å²) in [6, 6.07) is 13.6.